The number of carbonyl (C=O) groups excluding carboxylic acids is 2. The number of amides is 2. The van der Waals surface area contributed by atoms with Crippen LogP contribution in [0.4, 0.5) is 5.69 Å². The molecule has 5 nitrogen and oxygen atoms in total. The quantitative estimate of drug-likeness (QED) is 0.702. The molecule has 4 rings (SSSR count). The molecule has 0 spiro atoms. The number of fused-ring (bicyclic) bond motifs is 1. The number of nitrogens with zero attached hydrogens (tertiary/aromatic N) is 1. The summed E-state index contributed by atoms with van der Waals surface area (Å²) in [5.74, 6) is 0.729. The van der Waals surface area contributed by atoms with Gasteiger partial charge in [0.2, 0.25) is 5.91 Å². The number of hydrogen-bond donors (Lipinski definition) is 1. The van der Waals surface area contributed by atoms with Crippen LogP contribution in [0.2, 0.25) is 0 Å². The Kier molecular flexibility index (Phi) is 5.80. The van der Waals surface area contributed by atoms with E-state index in [0.29, 0.717) is 25.1 Å². The molecule has 1 aliphatic heterocycles. The maximum absolute atomic E-state index is 12.8. The average molecular weight is 400 g/mol. The molecular formula is C25H24N2O3. The smallest absolute Gasteiger partial charge is 0.254 e. The molecule has 152 valence electrons. The summed E-state index contributed by atoms with van der Waals surface area (Å²) in [7, 11) is 1.62. The largest absolute Gasteiger partial charge is 0.497 e. The first-order chi connectivity index (χ1) is 14.6. The minimum atomic E-state index is -0.0758. The fourth-order valence-corrected chi connectivity index (χ4v) is 3.71. The summed E-state index contributed by atoms with van der Waals surface area (Å²) < 4.78 is 5.15. The highest BCUT2D eigenvalue weighted by Crippen LogP contribution is 2.24. The molecular weight excluding hydrogens is 376 g/mol. The van der Waals surface area contributed by atoms with Crippen molar-refractivity contribution in [2.45, 2.75) is 19.4 Å². The SMILES string of the molecule is COc1ccc(CC(=O)Nc2ccc3c(c2)CN(C(=O)c2ccccc2)CC3)cc1. The average Bonchev–Trinajstić information content (AvgIpc) is 2.79. The third-order valence-corrected chi connectivity index (χ3v) is 5.33. The van der Waals surface area contributed by atoms with E-state index in [1.54, 1.807) is 7.11 Å². The Hall–Kier alpha value is -3.60. The second kappa shape index (κ2) is 8.82. The van der Waals surface area contributed by atoms with E-state index in [1.165, 1.54) is 5.56 Å². The van der Waals surface area contributed by atoms with E-state index in [4.69, 9.17) is 4.74 Å². The molecule has 30 heavy (non-hydrogen) atoms. The second-order valence-electron chi connectivity index (χ2n) is 7.40. The topological polar surface area (TPSA) is 58.6 Å². The zero-order chi connectivity index (χ0) is 20.9. The van der Waals surface area contributed by atoms with Gasteiger partial charge in [0.1, 0.15) is 5.75 Å². The van der Waals surface area contributed by atoms with Crippen molar-refractivity contribution in [1.29, 1.82) is 0 Å². The fourth-order valence-electron chi connectivity index (χ4n) is 3.71. The molecule has 0 atom stereocenters. The van der Waals surface area contributed by atoms with E-state index < -0.39 is 0 Å². The third-order valence-electron chi connectivity index (χ3n) is 5.33. The van der Waals surface area contributed by atoms with Crippen LogP contribution in [0.15, 0.2) is 72.8 Å². The molecule has 0 bridgehead atoms. The first-order valence-corrected chi connectivity index (χ1v) is 10.0. The van der Waals surface area contributed by atoms with Crippen molar-refractivity contribution < 1.29 is 14.3 Å². The number of anilines is 1. The Bertz CT molecular complexity index is 1050. The Morgan fingerprint density at radius 1 is 0.967 bits per heavy atom. The van der Waals surface area contributed by atoms with Gasteiger partial charge in [0.05, 0.1) is 13.5 Å². The van der Waals surface area contributed by atoms with Gasteiger partial charge in [-0.2, -0.15) is 0 Å². The Labute approximate surface area is 176 Å². The van der Waals surface area contributed by atoms with Crippen molar-refractivity contribution in [3.05, 3.63) is 95.1 Å². The Morgan fingerprint density at radius 2 is 1.73 bits per heavy atom. The zero-order valence-corrected chi connectivity index (χ0v) is 16.9. The molecule has 1 aliphatic rings. The van der Waals surface area contributed by atoms with Crippen LogP contribution in [0.25, 0.3) is 0 Å². The van der Waals surface area contributed by atoms with Crippen molar-refractivity contribution in [3.63, 3.8) is 0 Å². The van der Waals surface area contributed by atoms with Crippen molar-refractivity contribution in [2.24, 2.45) is 0 Å². The number of ether oxygens (including phenoxy) is 1. The maximum atomic E-state index is 12.8. The lowest BCUT2D eigenvalue weighted by Gasteiger charge is -2.29. The van der Waals surface area contributed by atoms with Crippen LogP contribution in [-0.2, 0) is 24.2 Å². The second-order valence-corrected chi connectivity index (χ2v) is 7.40. The molecule has 0 radical (unpaired) electrons. The number of benzene rings is 3. The Balaban J connectivity index is 1.42. The molecule has 3 aromatic carbocycles. The van der Waals surface area contributed by atoms with Gasteiger partial charge in [-0.1, -0.05) is 36.4 Å². The van der Waals surface area contributed by atoms with Crippen LogP contribution in [-0.4, -0.2) is 30.4 Å². The van der Waals surface area contributed by atoms with Crippen LogP contribution in [0.1, 0.15) is 27.0 Å². The van der Waals surface area contributed by atoms with Gasteiger partial charge >= 0.3 is 0 Å². The Morgan fingerprint density at radius 3 is 2.47 bits per heavy atom. The van der Waals surface area contributed by atoms with E-state index in [0.717, 1.165) is 29.0 Å². The minimum absolute atomic E-state index is 0.0372. The summed E-state index contributed by atoms with van der Waals surface area (Å²) in [6, 6.07) is 22.8. The lowest BCUT2D eigenvalue weighted by Crippen LogP contribution is -2.36. The molecule has 0 unspecified atom stereocenters. The predicted octanol–water partition coefficient (Wildman–Crippen LogP) is 4.07. The first-order valence-electron chi connectivity index (χ1n) is 10.0. The van der Waals surface area contributed by atoms with Gasteiger partial charge in [0, 0.05) is 24.3 Å². The number of nitrogens with one attached hydrogen (secondary N) is 1. The molecule has 1 heterocycles. The number of rotatable bonds is 5. The summed E-state index contributed by atoms with van der Waals surface area (Å²) in [5.41, 5.74) is 4.67. The summed E-state index contributed by atoms with van der Waals surface area (Å²) in [6.45, 7) is 1.25. The molecule has 0 aliphatic carbocycles. The molecule has 1 N–H and O–H groups in total. The summed E-state index contributed by atoms with van der Waals surface area (Å²) in [5, 5.41) is 2.97. The molecule has 2 amide bonds. The molecule has 0 saturated carbocycles. The highest BCUT2D eigenvalue weighted by atomic mass is 16.5. The highest BCUT2D eigenvalue weighted by Gasteiger charge is 2.22. The van der Waals surface area contributed by atoms with Crippen LogP contribution in [0, 0.1) is 0 Å². The van der Waals surface area contributed by atoms with Gasteiger partial charge in [-0.25, -0.2) is 0 Å². The fraction of sp³-hybridized carbons (Fsp3) is 0.200. The number of hydrogen-bond acceptors (Lipinski definition) is 3. The predicted molar refractivity (Wildman–Crippen MR) is 117 cm³/mol. The standard InChI is InChI=1S/C25H24N2O3/c1-30-23-11-7-18(8-12-23)15-24(28)26-22-10-9-19-13-14-27(17-21(19)16-22)25(29)20-5-3-2-4-6-20/h2-12,16H,13-15,17H2,1H3,(H,26,28). The molecule has 3 aromatic rings. The van der Waals surface area contributed by atoms with E-state index in [1.807, 2.05) is 77.7 Å². The summed E-state index contributed by atoms with van der Waals surface area (Å²) >= 11 is 0. The van der Waals surface area contributed by atoms with Gasteiger partial charge in [0.15, 0.2) is 0 Å². The van der Waals surface area contributed by atoms with Crippen LogP contribution in [0.5, 0.6) is 5.75 Å². The normalized spacial score (nSPS) is 12.8. The van der Waals surface area contributed by atoms with Crippen LogP contribution in [0.3, 0.4) is 0 Å². The van der Waals surface area contributed by atoms with Crippen molar-refractivity contribution >= 4 is 17.5 Å². The lowest BCUT2D eigenvalue weighted by molar-refractivity contribution is -0.115. The van der Waals surface area contributed by atoms with Crippen molar-refractivity contribution in [3.8, 4) is 5.75 Å². The van der Waals surface area contributed by atoms with Crippen molar-refractivity contribution in [1.82, 2.24) is 4.90 Å². The highest BCUT2D eigenvalue weighted by molar-refractivity contribution is 5.94. The monoisotopic (exact) mass is 400 g/mol. The minimum Gasteiger partial charge on any atom is -0.497 e. The van der Waals surface area contributed by atoms with E-state index in [-0.39, 0.29) is 11.8 Å². The van der Waals surface area contributed by atoms with E-state index in [2.05, 4.69) is 5.32 Å². The van der Waals surface area contributed by atoms with Gasteiger partial charge in [0.25, 0.3) is 5.91 Å². The summed E-state index contributed by atoms with van der Waals surface area (Å²) in [4.78, 5) is 27.1. The molecule has 0 aromatic heterocycles. The molecule has 0 fully saturated rings. The first kappa shape index (κ1) is 19.7. The summed E-state index contributed by atoms with van der Waals surface area (Å²) in [6.07, 6.45) is 1.10. The zero-order valence-electron chi connectivity index (χ0n) is 16.9. The maximum Gasteiger partial charge on any atom is 0.254 e. The van der Waals surface area contributed by atoms with Gasteiger partial charge in [-0.05, 0) is 59.5 Å². The van der Waals surface area contributed by atoms with Gasteiger partial charge < -0.3 is 15.0 Å². The molecule has 0 saturated heterocycles. The van der Waals surface area contributed by atoms with E-state index >= 15 is 0 Å². The van der Waals surface area contributed by atoms with E-state index in [9.17, 15) is 9.59 Å². The number of carbonyl (C=O) groups is 2. The van der Waals surface area contributed by atoms with Crippen LogP contribution < -0.4 is 10.1 Å². The number of methoxy groups -OCH3 is 1. The third kappa shape index (κ3) is 4.51. The molecule has 5 heteroatoms. The van der Waals surface area contributed by atoms with Gasteiger partial charge in [-0.3, -0.25) is 9.59 Å². The van der Waals surface area contributed by atoms with Gasteiger partial charge in [-0.15, -0.1) is 0 Å². The van der Waals surface area contributed by atoms with Crippen LogP contribution >= 0.6 is 0 Å². The van der Waals surface area contributed by atoms with Crippen molar-refractivity contribution in [2.75, 3.05) is 19.0 Å². The lowest BCUT2D eigenvalue weighted by atomic mass is 9.98.